The number of ether oxygens (including phenoxy) is 2. The average Bonchev–Trinajstić information content (AvgIpc) is 2.40. The van der Waals surface area contributed by atoms with Crippen LogP contribution in [0.15, 0.2) is 30.3 Å². The van der Waals surface area contributed by atoms with E-state index in [1.54, 1.807) is 14.2 Å². The van der Waals surface area contributed by atoms with Crippen LogP contribution in [0.1, 0.15) is 38.2 Å². The van der Waals surface area contributed by atoms with E-state index in [4.69, 9.17) is 9.47 Å². The maximum absolute atomic E-state index is 5.47. The summed E-state index contributed by atoms with van der Waals surface area (Å²) in [6.07, 6.45) is 4.84. The molecule has 0 bridgehead atoms. The van der Waals surface area contributed by atoms with E-state index in [1.165, 1.54) is 24.8 Å². The molecule has 0 aliphatic carbocycles. The Morgan fingerprint density at radius 2 is 1.56 bits per heavy atom. The van der Waals surface area contributed by atoms with Gasteiger partial charge in [-0.15, -0.1) is 0 Å². The monoisotopic (exact) mass is 250 g/mol. The highest BCUT2D eigenvalue weighted by Crippen LogP contribution is 2.31. The molecule has 1 aromatic rings. The molecule has 0 aromatic heterocycles. The summed E-state index contributed by atoms with van der Waals surface area (Å²) in [5.41, 5.74) is 1.32. The van der Waals surface area contributed by atoms with Crippen molar-refractivity contribution in [3.05, 3.63) is 35.9 Å². The average molecular weight is 250 g/mol. The molecule has 1 rings (SSSR count). The molecule has 0 heterocycles. The van der Waals surface area contributed by atoms with Crippen molar-refractivity contribution in [2.45, 2.75) is 38.0 Å². The number of hydrogen-bond acceptors (Lipinski definition) is 2. The Bertz CT molecular complexity index is 302. The van der Waals surface area contributed by atoms with Gasteiger partial charge in [0.25, 0.3) is 0 Å². The van der Waals surface area contributed by atoms with Gasteiger partial charge in [-0.1, -0.05) is 56.5 Å². The van der Waals surface area contributed by atoms with E-state index < -0.39 is 0 Å². The molecule has 0 N–H and O–H groups in total. The smallest absolute Gasteiger partial charge is 0.0581 e. The van der Waals surface area contributed by atoms with Gasteiger partial charge >= 0.3 is 0 Å². The zero-order valence-corrected chi connectivity index (χ0v) is 11.9. The summed E-state index contributed by atoms with van der Waals surface area (Å²) in [7, 11) is 3.54. The molecule has 0 spiro atoms. The summed E-state index contributed by atoms with van der Waals surface area (Å²) >= 11 is 0. The van der Waals surface area contributed by atoms with E-state index >= 15 is 0 Å². The molecule has 0 saturated carbocycles. The molecule has 102 valence electrons. The molecule has 0 fully saturated rings. The van der Waals surface area contributed by atoms with Crippen molar-refractivity contribution >= 4 is 0 Å². The molecule has 0 unspecified atom stereocenters. The van der Waals surface area contributed by atoms with Gasteiger partial charge in [0.2, 0.25) is 0 Å². The number of methoxy groups -OCH3 is 2. The first kappa shape index (κ1) is 15.2. The zero-order chi connectivity index (χ0) is 13.3. The van der Waals surface area contributed by atoms with Crippen molar-refractivity contribution in [1.29, 1.82) is 0 Å². The predicted molar refractivity (Wildman–Crippen MR) is 76.0 cm³/mol. The number of rotatable bonds is 9. The second-order valence-electron chi connectivity index (χ2n) is 4.97. The molecule has 1 aromatic carbocycles. The maximum Gasteiger partial charge on any atom is 0.0581 e. The molecule has 0 atom stereocenters. The molecule has 0 saturated heterocycles. The molecule has 2 heteroatoms. The van der Waals surface area contributed by atoms with Crippen LogP contribution in [0, 0.1) is 0 Å². The lowest BCUT2D eigenvalue weighted by molar-refractivity contribution is 0.0527. The molecule has 18 heavy (non-hydrogen) atoms. The fourth-order valence-electron chi connectivity index (χ4n) is 2.55. The van der Waals surface area contributed by atoms with Crippen molar-refractivity contribution in [3.8, 4) is 0 Å². The van der Waals surface area contributed by atoms with E-state index in [0.717, 1.165) is 6.42 Å². The largest absolute Gasteiger partial charge is 0.384 e. The Morgan fingerprint density at radius 3 is 2.06 bits per heavy atom. The molecular weight excluding hydrogens is 224 g/mol. The molecular formula is C16H26O2. The zero-order valence-electron chi connectivity index (χ0n) is 11.9. The first-order valence-electron chi connectivity index (χ1n) is 6.82. The van der Waals surface area contributed by atoms with Gasteiger partial charge in [-0.25, -0.2) is 0 Å². The minimum Gasteiger partial charge on any atom is -0.384 e. The Hall–Kier alpha value is -0.860. The predicted octanol–water partition coefficient (Wildman–Crippen LogP) is 3.80. The minimum absolute atomic E-state index is 0.0000694. The quantitative estimate of drug-likeness (QED) is 0.621. The number of benzene rings is 1. The summed E-state index contributed by atoms with van der Waals surface area (Å²) < 4.78 is 10.9. The van der Waals surface area contributed by atoms with Crippen LogP contribution < -0.4 is 0 Å². The van der Waals surface area contributed by atoms with Crippen LogP contribution >= 0.6 is 0 Å². The van der Waals surface area contributed by atoms with Crippen LogP contribution in [-0.4, -0.2) is 27.4 Å². The van der Waals surface area contributed by atoms with Gasteiger partial charge in [-0.05, 0) is 12.0 Å². The number of hydrogen-bond donors (Lipinski definition) is 0. The third-order valence-electron chi connectivity index (χ3n) is 3.49. The van der Waals surface area contributed by atoms with Crippen LogP contribution in [0.3, 0.4) is 0 Å². The van der Waals surface area contributed by atoms with Gasteiger partial charge in [0.15, 0.2) is 0 Å². The minimum atomic E-state index is -0.0000694. The lowest BCUT2D eigenvalue weighted by atomic mass is 9.77. The summed E-state index contributed by atoms with van der Waals surface area (Å²) in [4.78, 5) is 0. The summed E-state index contributed by atoms with van der Waals surface area (Å²) in [6, 6.07) is 10.6. The summed E-state index contributed by atoms with van der Waals surface area (Å²) in [6.45, 7) is 3.67. The van der Waals surface area contributed by atoms with Crippen LogP contribution in [0.25, 0.3) is 0 Å². The number of unbranched alkanes of at least 4 members (excludes halogenated alkanes) is 2. The van der Waals surface area contributed by atoms with Gasteiger partial charge in [-0.3, -0.25) is 0 Å². The van der Waals surface area contributed by atoms with E-state index in [2.05, 4.69) is 37.3 Å². The Labute approximate surface area is 111 Å². The van der Waals surface area contributed by atoms with Crippen molar-refractivity contribution in [2.75, 3.05) is 27.4 Å². The lowest BCUT2D eigenvalue weighted by Crippen LogP contribution is -2.36. The normalized spacial score (nSPS) is 11.7. The SMILES string of the molecule is CCCCCC(COC)(COC)c1ccccc1. The van der Waals surface area contributed by atoms with Crippen LogP contribution in [0.5, 0.6) is 0 Å². The summed E-state index contributed by atoms with van der Waals surface area (Å²) in [5, 5.41) is 0. The van der Waals surface area contributed by atoms with Gasteiger partial charge < -0.3 is 9.47 Å². The maximum atomic E-state index is 5.47. The first-order chi connectivity index (χ1) is 8.79. The van der Waals surface area contributed by atoms with Crippen molar-refractivity contribution < 1.29 is 9.47 Å². The molecule has 0 amide bonds. The van der Waals surface area contributed by atoms with Gasteiger partial charge in [0.05, 0.1) is 13.2 Å². The van der Waals surface area contributed by atoms with E-state index in [0.29, 0.717) is 13.2 Å². The third-order valence-corrected chi connectivity index (χ3v) is 3.49. The van der Waals surface area contributed by atoms with Crippen LogP contribution in [0.2, 0.25) is 0 Å². The highest BCUT2D eigenvalue weighted by molar-refractivity contribution is 5.26. The Morgan fingerprint density at radius 1 is 0.944 bits per heavy atom. The Kier molecular flexibility index (Phi) is 6.99. The van der Waals surface area contributed by atoms with Crippen molar-refractivity contribution in [1.82, 2.24) is 0 Å². The van der Waals surface area contributed by atoms with E-state index in [1.807, 2.05) is 0 Å². The topological polar surface area (TPSA) is 18.5 Å². The molecule has 2 nitrogen and oxygen atoms in total. The van der Waals surface area contributed by atoms with Gasteiger partial charge in [0.1, 0.15) is 0 Å². The van der Waals surface area contributed by atoms with Crippen molar-refractivity contribution in [3.63, 3.8) is 0 Å². The lowest BCUT2D eigenvalue weighted by Gasteiger charge is -2.33. The van der Waals surface area contributed by atoms with Gasteiger partial charge in [-0.2, -0.15) is 0 Å². The second-order valence-corrected chi connectivity index (χ2v) is 4.97. The van der Waals surface area contributed by atoms with Crippen molar-refractivity contribution in [2.24, 2.45) is 0 Å². The first-order valence-corrected chi connectivity index (χ1v) is 6.82. The molecule has 0 aliphatic heterocycles. The fourth-order valence-corrected chi connectivity index (χ4v) is 2.55. The molecule has 0 aliphatic rings. The highest BCUT2D eigenvalue weighted by Gasteiger charge is 2.31. The standard InChI is InChI=1S/C16H26O2/c1-4-5-9-12-16(13-17-2,14-18-3)15-10-7-6-8-11-15/h6-8,10-11H,4-5,9,12-14H2,1-3H3. The summed E-state index contributed by atoms with van der Waals surface area (Å²) in [5.74, 6) is 0. The fraction of sp³-hybridized carbons (Fsp3) is 0.625. The van der Waals surface area contributed by atoms with E-state index in [-0.39, 0.29) is 5.41 Å². The highest BCUT2D eigenvalue weighted by atomic mass is 16.5. The molecule has 0 radical (unpaired) electrons. The third kappa shape index (κ3) is 4.11. The van der Waals surface area contributed by atoms with Gasteiger partial charge in [0, 0.05) is 19.6 Å². The van der Waals surface area contributed by atoms with E-state index in [9.17, 15) is 0 Å². The van der Waals surface area contributed by atoms with Crippen LogP contribution in [0.4, 0.5) is 0 Å². The second kappa shape index (κ2) is 8.28. The van der Waals surface area contributed by atoms with Crippen LogP contribution in [-0.2, 0) is 14.9 Å². The Balaban J connectivity index is 2.89.